The van der Waals surface area contributed by atoms with Crippen LogP contribution in [0.25, 0.3) is 0 Å². The van der Waals surface area contributed by atoms with E-state index in [4.69, 9.17) is 0 Å². The number of carbonyl (C=O) groups is 2. The van der Waals surface area contributed by atoms with Crippen molar-refractivity contribution in [1.82, 2.24) is 19.9 Å². The minimum absolute atomic E-state index is 0.0666. The van der Waals surface area contributed by atoms with E-state index in [1.165, 1.54) is 9.80 Å². The molecule has 2 aromatic heterocycles. The van der Waals surface area contributed by atoms with E-state index >= 15 is 0 Å². The van der Waals surface area contributed by atoms with Crippen LogP contribution in [-0.2, 0) is 21.9 Å². The van der Waals surface area contributed by atoms with Gasteiger partial charge in [-0.15, -0.1) is 0 Å². The second kappa shape index (κ2) is 13.5. The maximum atomic E-state index is 13.9. The van der Waals surface area contributed by atoms with Crippen LogP contribution in [0.1, 0.15) is 37.1 Å². The summed E-state index contributed by atoms with van der Waals surface area (Å²) in [4.78, 5) is 44.9. The zero-order valence-corrected chi connectivity index (χ0v) is 29.8. The van der Waals surface area contributed by atoms with E-state index in [0.717, 1.165) is 0 Å². The van der Waals surface area contributed by atoms with Crippen molar-refractivity contribution < 1.29 is 72.5 Å². The van der Waals surface area contributed by atoms with Crippen LogP contribution in [0, 0.1) is 47.3 Å². The quantitative estimate of drug-likeness (QED) is 0.294. The maximum absolute atomic E-state index is 13.9. The second-order valence-corrected chi connectivity index (χ2v) is 16.1. The summed E-state index contributed by atoms with van der Waals surface area (Å²) in [6, 6.07) is -2.92. The van der Waals surface area contributed by atoms with Crippen molar-refractivity contribution in [3.8, 4) is 0 Å². The summed E-state index contributed by atoms with van der Waals surface area (Å²) >= 11 is 0. The Morgan fingerprint density at radius 3 is 1.14 bits per heavy atom. The van der Waals surface area contributed by atoms with Crippen LogP contribution in [0.3, 0.4) is 0 Å². The Balaban J connectivity index is 1.01. The Hall–Kier alpha value is -4.54. The Morgan fingerprint density at radius 1 is 0.569 bits per heavy atom. The standard InChI is InChI=1S/C34H34F12N8O4/c35-31(36,37)17-7-21(49-29(47-17)53-3-1-19(53)33(41,42)43)51-9-13-5-14(10-51)23(13)25(27(55)56)26(28(57)58)24-15-6-16(24)12-52(11-15)22-8-18(32(38,39)40)48-30(50-22)54-4-2-20(54)34(44,45)46/h7-8,13-16,19-20,23-26H,1-6,9-12H2,(H,55,56)(H,57,58)/t13-,14+,15-,16+,19-,20+,23?,24?,25?,26?. The van der Waals surface area contributed by atoms with Gasteiger partial charge in [-0.05, 0) is 61.2 Å². The highest BCUT2D eigenvalue weighted by molar-refractivity contribution is 5.81. The smallest absolute Gasteiger partial charge is 0.433 e. The number of halogens is 12. The molecule has 6 saturated heterocycles. The summed E-state index contributed by atoms with van der Waals surface area (Å²) in [5, 5.41) is 21.1. The van der Waals surface area contributed by atoms with Crippen molar-refractivity contribution in [3.05, 3.63) is 23.5 Å². The van der Waals surface area contributed by atoms with Gasteiger partial charge in [0.15, 0.2) is 11.4 Å². The zero-order valence-electron chi connectivity index (χ0n) is 29.8. The molecule has 2 aliphatic carbocycles. The first-order valence-electron chi connectivity index (χ1n) is 18.4. The number of carboxylic acids is 2. The van der Waals surface area contributed by atoms with Crippen LogP contribution < -0.4 is 19.6 Å². The molecule has 4 unspecified atom stereocenters. The van der Waals surface area contributed by atoms with Crippen molar-refractivity contribution in [2.24, 2.45) is 47.3 Å². The van der Waals surface area contributed by atoms with Crippen LogP contribution in [0.15, 0.2) is 12.1 Å². The lowest BCUT2D eigenvalue weighted by molar-refractivity contribution is -0.174. The molecule has 10 rings (SSSR count). The van der Waals surface area contributed by atoms with Crippen LogP contribution in [0.2, 0.25) is 0 Å². The van der Waals surface area contributed by atoms with Crippen LogP contribution in [0.5, 0.6) is 0 Å². The molecule has 2 saturated carbocycles. The Morgan fingerprint density at radius 2 is 0.897 bits per heavy atom. The average Bonchev–Trinajstić information content (AvgIpc) is 3.06. The topological polar surface area (TPSA) is 139 Å². The number of nitrogens with zero attached hydrogens (tertiary/aromatic N) is 8. The fraction of sp³-hybridized carbons (Fsp3) is 0.706. The predicted octanol–water partition coefficient (Wildman–Crippen LogP) is 5.83. The first kappa shape index (κ1) is 40.2. The van der Waals surface area contributed by atoms with Gasteiger partial charge in [0, 0.05) is 51.4 Å². The summed E-state index contributed by atoms with van der Waals surface area (Å²) in [5.74, 6) is -11.6. The molecule has 0 spiro atoms. The Kier molecular flexibility index (Phi) is 9.36. The summed E-state index contributed by atoms with van der Waals surface area (Å²) in [6.45, 7) is -0.727. The number of piperidine rings is 4. The van der Waals surface area contributed by atoms with Crippen molar-refractivity contribution in [2.45, 2.75) is 62.5 Å². The molecule has 8 heterocycles. The fourth-order valence-electron chi connectivity index (χ4n) is 10.2. The molecule has 8 fully saturated rings. The van der Waals surface area contributed by atoms with Crippen LogP contribution >= 0.6 is 0 Å². The molecule has 318 valence electrons. The zero-order chi connectivity index (χ0) is 42.0. The molecule has 58 heavy (non-hydrogen) atoms. The SMILES string of the molecule is O=C(O)C(C(C(=O)O)C1[C@@H]2C[C@H]1CN(c1cc(C(F)(F)F)nc(N3CC[C@@H]3C(F)(F)F)n1)C2)C1[C@@H]2C[C@H]1CN(c1cc(C(F)(F)F)nc(N3CC[C@H]3C(F)(F)F)n1)C2. The van der Waals surface area contributed by atoms with Gasteiger partial charge in [0.2, 0.25) is 11.9 Å². The van der Waals surface area contributed by atoms with Crippen LogP contribution in [0.4, 0.5) is 76.2 Å². The van der Waals surface area contributed by atoms with E-state index in [9.17, 15) is 72.5 Å². The predicted molar refractivity (Wildman–Crippen MR) is 175 cm³/mol. The number of hydrogen-bond donors (Lipinski definition) is 2. The number of alkyl halides is 12. The third-order valence-electron chi connectivity index (χ3n) is 12.9. The van der Waals surface area contributed by atoms with E-state index in [-0.39, 0.29) is 63.7 Å². The number of carboxylic acid groups (broad SMARTS) is 2. The lowest BCUT2D eigenvalue weighted by Gasteiger charge is -2.60. The van der Waals surface area contributed by atoms with E-state index in [2.05, 4.69) is 19.9 Å². The molecule has 0 radical (unpaired) electrons. The first-order valence-corrected chi connectivity index (χ1v) is 18.4. The molecule has 8 aliphatic rings. The number of rotatable bonds is 9. The molecule has 10 atom stereocenters. The molecule has 2 N–H and O–H groups in total. The van der Waals surface area contributed by atoms with E-state index in [1.54, 1.807) is 0 Å². The Bertz CT molecular complexity index is 1800. The van der Waals surface area contributed by atoms with Gasteiger partial charge >= 0.3 is 36.6 Å². The normalized spacial score (nSPS) is 30.8. The van der Waals surface area contributed by atoms with E-state index in [1.807, 2.05) is 0 Å². The number of anilines is 4. The van der Waals surface area contributed by atoms with Gasteiger partial charge in [0.1, 0.15) is 23.7 Å². The molecule has 24 heteroatoms. The largest absolute Gasteiger partial charge is 0.481 e. The molecular weight excluding hydrogens is 812 g/mol. The van der Waals surface area contributed by atoms with Crippen LogP contribution in [-0.4, -0.2) is 106 Å². The lowest BCUT2D eigenvalue weighted by Crippen LogP contribution is -2.64. The summed E-state index contributed by atoms with van der Waals surface area (Å²) in [5.41, 5.74) is -2.93. The van der Waals surface area contributed by atoms with Crippen molar-refractivity contribution in [3.63, 3.8) is 0 Å². The number of aromatic nitrogens is 4. The first-order chi connectivity index (χ1) is 26.9. The van der Waals surface area contributed by atoms with Gasteiger partial charge < -0.3 is 29.8 Å². The number of hydrogen-bond acceptors (Lipinski definition) is 10. The van der Waals surface area contributed by atoms with Gasteiger partial charge in [0.05, 0.1) is 11.8 Å². The average molecular weight is 847 g/mol. The van der Waals surface area contributed by atoms with E-state index in [0.29, 0.717) is 34.8 Å². The van der Waals surface area contributed by atoms with Gasteiger partial charge in [-0.2, -0.15) is 62.7 Å². The van der Waals surface area contributed by atoms with Crippen molar-refractivity contribution >= 4 is 35.5 Å². The van der Waals surface area contributed by atoms with Gasteiger partial charge in [-0.1, -0.05) is 0 Å². The van der Waals surface area contributed by atoms with Gasteiger partial charge in [0.25, 0.3) is 0 Å². The van der Waals surface area contributed by atoms with Crippen molar-refractivity contribution in [2.75, 3.05) is 58.9 Å². The monoisotopic (exact) mass is 846 g/mol. The lowest BCUT2D eigenvalue weighted by atomic mass is 9.49. The molecule has 12 nitrogen and oxygen atoms in total. The minimum atomic E-state index is -5.03. The molecular formula is C34H34F12N8O4. The minimum Gasteiger partial charge on any atom is -0.481 e. The molecule has 0 amide bonds. The number of aliphatic carboxylic acids is 2. The summed E-state index contributed by atoms with van der Waals surface area (Å²) in [6.07, 6.45) is -19.5. The highest BCUT2D eigenvalue weighted by Gasteiger charge is 2.62. The molecule has 0 aromatic carbocycles. The maximum Gasteiger partial charge on any atom is 0.433 e. The number of fused-ring (bicyclic) bond motifs is 4. The second-order valence-electron chi connectivity index (χ2n) is 16.1. The summed E-state index contributed by atoms with van der Waals surface area (Å²) in [7, 11) is 0. The molecule has 4 bridgehead atoms. The fourth-order valence-corrected chi connectivity index (χ4v) is 10.2. The van der Waals surface area contributed by atoms with Crippen molar-refractivity contribution in [1.29, 1.82) is 0 Å². The van der Waals surface area contributed by atoms with Gasteiger partial charge in [-0.3, -0.25) is 9.59 Å². The molecule has 6 aliphatic heterocycles. The highest BCUT2D eigenvalue weighted by atomic mass is 19.4. The Labute approximate surface area is 320 Å². The summed E-state index contributed by atoms with van der Waals surface area (Å²) < 4.78 is 164. The highest BCUT2D eigenvalue weighted by Crippen LogP contribution is 2.58. The third kappa shape index (κ3) is 6.93. The molecule has 2 aromatic rings. The van der Waals surface area contributed by atoms with E-state index < -0.39 is 119 Å². The third-order valence-corrected chi connectivity index (χ3v) is 12.9. The van der Waals surface area contributed by atoms with Gasteiger partial charge in [-0.25, -0.2) is 9.97 Å².